The minimum Gasteiger partial charge on any atom is -0.352 e. The van der Waals surface area contributed by atoms with Crippen LogP contribution in [0.2, 0.25) is 0 Å². The second kappa shape index (κ2) is 10.5. The van der Waals surface area contributed by atoms with E-state index in [1.165, 1.54) is 22.6 Å². The summed E-state index contributed by atoms with van der Waals surface area (Å²) in [5.74, 6) is 1.48. The van der Waals surface area contributed by atoms with E-state index in [4.69, 9.17) is 0 Å². The smallest absolute Gasteiger partial charge is 0.225 e. The van der Waals surface area contributed by atoms with Crippen LogP contribution in [-0.2, 0) is 17.8 Å². The molecule has 3 rings (SSSR count). The molecule has 1 atom stereocenters. The predicted octanol–water partition coefficient (Wildman–Crippen LogP) is 3.38. The maximum Gasteiger partial charge on any atom is 0.225 e. The zero-order chi connectivity index (χ0) is 17.6. The van der Waals surface area contributed by atoms with Crippen molar-refractivity contribution in [3.05, 3.63) is 21.9 Å². The first kappa shape index (κ1) is 21.5. The molecule has 2 heterocycles. The Morgan fingerprint density at radius 2 is 2.00 bits per heavy atom. The van der Waals surface area contributed by atoms with Gasteiger partial charge in [0.05, 0.1) is 6.54 Å². The minimum atomic E-state index is 0. The van der Waals surface area contributed by atoms with Gasteiger partial charge in [0.2, 0.25) is 5.91 Å². The number of thiophene rings is 1. The molecule has 1 amide bonds. The van der Waals surface area contributed by atoms with Crippen LogP contribution >= 0.6 is 35.3 Å². The van der Waals surface area contributed by atoms with Crippen molar-refractivity contribution in [3.63, 3.8) is 0 Å². The van der Waals surface area contributed by atoms with Crippen molar-refractivity contribution >= 4 is 47.2 Å². The molecule has 1 saturated heterocycles. The van der Waals surface area contributed by atoms with Crippen LogP contribution in [0.1, 0.15) is 48.8 Å². The molecule has 26 heavy (non-hydrogen) atoms. The first-order valence-corrected chi connectivity index (χ1v) is 10.3. The third-order valence-electron chi connectivity index (χ3n) is 5.26. The Morgan fingerprint density at radius 3 is 2.65 bits per heavy atom. The third-order valence-corrected chi connectivity index (χ3v) is 6.49. The summed E-state index contributed by atoms with van der Waals surface area (Å²) >= 11 is 1.85. The van der Waals surface area contributed by atoms with E-state index in [1.807, 2.05) is 16.2 Å². The largest absolute Gasteiger partial charge is 0.352 e. The zero-order valence-electron chi connectivity index (χ0n) is 15.8. The number of hydrogen-bond acceptors (Lipinski definition) is 3. The summed E-state index contributed by atoms with van der Waals surface area (Å²) in [5, 5.41) is 6.88. The van der Waals surface area contributed by atoms with E-state index in [0.717, 1.165) is 51.3 Å². The zero-order valence-corrected chi connectivity index (χ0v) is 18.9. The van der Waals surface area contributed by atoms with E-state index in [1.54, 1.807) is 7.05 Å². The number of carbonyl (C=O) groups excluding carboxylic acids is 1. The third kappa shape index (κ3) is 5.58. The van der Waals surface area contributed by atoms with Crippen LogP contribution < -0.4 is 10.6 Å². The van der Waals surface area contributed by atoms with Gasteiger partial charge in [-0.2, -0.15) is 0 Å². The normalized spacial score (nSPS) is 20.9. The van der Waals surface area contributed by atoms with Gasteiger partial charge in [0, 0.05) is 41.9 Å². The predicted molar refractivity (Wildman–Crippen MR) is 119 cm³/mol. The average molecular weight is 490 g/mol. The Morgan fingerprint density at radius 1 is 1.27 bits per heavy atom. The standard InChI is InChI=1S/C19H30N4OS.HI/c1-3-16-8-9-17(25-16)12-21-19(20-2)22-15-10-11-23(13-15)18(24)14-6-4-5-7-14;/h8-9,14-15H,3-7,10-13H2,1-2H3,(H2,20,21,22);1H. The summed E-state index contributed by atoms with van der Waals surface area (Å²) in [6, 6.07) is 4.67. The molecule has 2 fully saturated rings. The summed E-state index contributed by atoms with van der Waals surface area (Å²) in [4.78, 5) is 21.7. The van der Waals surface area contributed by atoms with Crippen LogP contribution in [0, 0.1) is 5.92 Å². The Hall–Kier alpha value is -0.830. The lowest BCUT2D eigenvalue weighted by atomic mass is 10.1. The lowest BCUT2D eigenvalue weighted by Gasteiger charge is -2.21. The SMILES string of the molecule is CCc1ccc(CNC(=NC)NC2CCN(C(=O)C3CCCC3)C2)s1.I. The van der Waals surface area contributed by atoms with E-state index in [9.17, 15) is 4.79 Å². The first-order chi connectivity index (χ1) is 12.2. The van der Waals surface area contributed by atoms with Gasteiger partial charge in [-0.25, -0.2) is 0 Å². The summed E-state index contributed by atoms with van der Waals surface area (Å²) in [6.07, 6.45) is 6.67. The van der Waals surface area contributed by atoms with Crippen molar-refractivity contribution in [3.8, 4) is 0 Å². The fraction of sp³-hybridized carbons (Fsp3) is 0.684. The van der Waals surface area contributed by atoms with Crippen LogP contribution in [0.3, 0.4) is 0 Å². The van der Waals surface area contributed by atoms with Gasteiger partial charge >= 0.3 is 0 Å². The van der Waals surface area contributed by atoms with Crippen LogP contribution in [0.5, 0.6) is 0 Å². The lowest BCUT2D eigenvalue weighted by Crippen LogP contribution is -2.45. The second-order valence-electron chi connectivity index (χ2n) is 7.04. The number of aryl methyl sites for hydroxylation is 1. The number of halogens is 1. The fourth-order valence-corrected chi connectivity index (χ4v) is 4.67. The van der Waals surface area contributed by atoms with Gasteiger partial charge in [0.15, 0.2) is 5.96 Å². The van der Waals surface area contributed by atoms with E-state index < -0.39 is 0 Å². The number of aliphatic imine (C=N–C) groups is 1. The molecule has 1 unspecified atom stereocenters. The summed E-state index contributed by atoms with van der Waals surface area (Å²) < 4.78 is 0. The highest BCUT2D eigenvalue weighted by molar-refractivity contribution is 14.0. The molecule has 0 bridgehead atoms. The molecule has 1 aromatic heterocycles. The van der Waals surface area contributed by atoms with Gasteiger partial charge in [-0.3, -0.25) is 9.79 Å². The molecule has 2 N–H and O–H groups in total. The summed E-state index contributed by atoms with van der Waals surface area (Å²) in [6.45, 7) is 4.65. The molecule has 1 aliphatic heterocycles. The number of nitrogens with zero attached hydrogens (tertiary/aromatic N) is 2. The van der Waals surface area contributed by atoms with Crippen LogP contribution in [0.25, 0.3) is 0 Å². The highest BCUT2D eigenvalue weighted by Gasteiger charge is 2.32. The molecule has 1 saturated carbocycles. The number of likely N-dealkylation sites (tertiary alicyclic amines) is 1. The molecule has 1 aromatic rings. The molecule has 146 valence electrons. The molecule has 0 spiro atoms. The highest BCUT2D eigenvalue weighted by Crippen LogP contribution is 2.27. The number of hydrogen-bond donors (Lipinski definition) is 2. The van der Waals surface area contributed by atoms with Crippen molar-refractivity contribution in [2.45, 2.75) is 58.0 Å². The minimum absolute atomic E-state index is 0. The molecular weight excluding hydrogens is 459 g/mol. The molecule has 1 aliphatic carbocycles. The van der Waals surface area contributed by atoms with Crippen molar-refractivity contribution in [2.75, 3.05) is 20.1 Å². The van der Waals surface area contributed by atoms with Crippen LogP contribution in [0.4, 0.5) is 0 Å². The highest BCUT2D eigenvalue weighted by atomic mass is 127. The Labute approximate surface area is 178 Å². The van der Waals surface area contributed by atoms with Crippen molar-refractivity contribution in [1.29, 1.82) is 0 Å². The molecule has 2 aliphatic rings. The number of guanidine groups is 1. The summed E-state index contributed by atoms with van der Waals surface area (Å²) in [7, 11) is 1.80. The maximum atomic E-state index is 12.5. The monoisotopic (exact) mass is 490 g/mol. The van der Waals surface area contributed by atoms with E-state index >= 15 is 0 Å². The van der Waals surface area contributed by atoms with Crippen molar-refractivity contribution in [1.82, 2.24) is 15.5 Å². The van der Waals surface area contributed by atoms with E-state index in [0.29, 0.717) is 11.9 Å². The van der Waals surface area contributed by atoms with Gasteiger partial charge in [-0.1, -0.05) is 19.8 Å². The molecular formula is C19H31IN4OS. The van der Waals surface area contributed by atoms with Gasteiger partial charge in [0.25, 0.3) is 0 Å². The maximum absolute atomic E-state index is 12.5. The Balaban J connectivity index is 0.00000243. The quantitative estimate of drug-likeness (QED) is 0.378. The first-order valence-electron chi connectivity index (χ1n) is 9.53. The van der Waals surface area contributed by atoms with Crippen molar-refractivity contribution in [2.24, 2.45) is 10.9 Å². The second-order valence-corrected chi connectivity index (χ2v) is 8.30. The molecule has 5 nitrogen and oxygen atoms in total. The lowest BCUT2D eigenvalue weighted by molar-refractivity contribution is -0.134. The number of nitrogens with one attached hydrogen (secondary N) is 2. The van der Waals surface area contributed by atoms with Crippen LogP contribution in [0.15, 0.2) is 17.1 Å². The van der Waals surface area contributed by atoms with Gasteiger partial charge in [-0.05, 0) is 37.8 Å². The average Bonchev–Trinajstić information content (AvgIpc) is 3.39. The van der Waals surface area contributed by atoms with Gasteiger partial charge < -0.3 is 15.5 Å². The van der Waals surface area contributed by atoms with E-state index in [-0.39, 0.29) is 29.9 Å². The number of rotatable bonds is 5. The van der Waals surface area contributed by atoms with Crippen LogP contribution in [-0.4, -0.2) is 42.9 Å². The van der Waals surface area contributed by atoms with E-state index in [2.05, 4.69) is 34.7 Å². The number of amides is 1. The van der Waals surface area contributed by atoms with Gasteiger partial charge in [-0.15, -0.1) is 35.3 Å². The Bertz CT molecular complexity index is 612. The van der Waals surface area contributed by atoms with Gasteiger partial charge in [0.1, 0.15) is 0 Å². The fourth-order valence-electron chi connectivity index (χ4n) is 3.78. The molecule has 0 aromatic carbocycles. The molecule has 7 heteroatoms. The topological polar surface area (TPSA) is 56.7 Å². The summed E-state index contributed by atoms with van der Waals surface area (Å²) in [5.41, 5.74) is 0. The Kier molecular flexibility index (Phi) is 8.66. The van der Waals surface area contributed by atoms with Crippen molar-refractivity contribution < 1.29 is 4.79 Å². The number of carbonyl (C=O) groups is 1. The molecule has 0 radical (unpaired) electrons.